The SMILES string of the molecule is CCCCCCCC(C)S(=O)(=O)c1cc(Br)sc1-c1ccc(Br)s1. The minimum absolute atomic E-state index is 0.345. The Morgan fingerprint density at radius 3 is 2.38 bits per heavy atom. The average molecular weight is 514 g/mol. The molecule has 2 rings (SSSR count). The Kier molecular flexibility index (Phi) is 8.00. The largest absolute Gasteiger partial charge is 0.223 e. The van der Waals surface area contributed by atoms with E-state index < -0.39 is 9.84 Å². The van der Waals surface area contributed by atoms with Gasteiger partial charge in [0.1, 0.15) is 0 Å². The average Bonchev–Trinajstić information content (AvgIpc) is 3.12. The molecule has 0 fully saturated rings. The highest BCUT2D eigenvalue weighted by atomic mass is 79.9. The lowest BCUT2D eigenvalue weighted by Crippen LogP contribution is -2.18. The Hall–Kier alpha value is 0.310. The van der Waals surface area contributed by atoms with E-state index in [-0.39, 0.29) is 5.25 Å². The van der Waals surface area contributed by atoms with Crippen LogP contribution in [0.2, 0.25) is 0 Å². The van der Waals surface area contributed by atoms with Gasteiger partial charge in [-0.05, 0) is 63.4 Å². The lowest BCUT2D eigenvalue weighted by Gasteiger charge is -2.13. The van der Waals surface area contributed by atoms with Crippen molar-refractivity contribution in [3.8, 4) is 9.75 Å². The predicted molar refractivity (Wildman–Crippen MR) is 113 cm³/mol. The maximum atomic E-state index is 13.0. The zero-order valence-electron chi connectivity index (χ0n) is 13.8. The van der Waals surface area contributed by atoms with Gasteiger partial charge in [0.05, 0.1) is 22.6 Å². The van der Waals surface area contributed by atoms with Gasteiger partial charge in [-0.1, -0.05) is 39.0 Å². The summed E-state index contributed by atoms with van der Waals surface area (Å²) in [6.45, 7) is 4.03. The lowest BCUT2D eigenvalue weighted by atomic mass is 10.1. The van der Waals surface area contributed by atoms with Crippen molar-refractivity contribution in [2.75, 3.05) is 0 Å². The first-order chi connectivity index (χ1) is 11.4. The van der Waals surface area contributed by atoms with Gasteiger partial charge in [-0.25, -0.2) is 8.42 Å². The maximum absolute atomic E-state index is 13.0. The van der Waals surface area contributed by atoms with E-state index >= 15 is 0 Å². The molecular formula is C17H22Br2O2S3. The van der Waals surface area contributed by atoms with Gasteiger partial charge in [0.25, 0.3) is 0 Å². The van der Waals surface area contributed by atoms with Crippen LogP contribution in [-0.4, -0.2) is 13.7 Å². The molecule has 0 spiro atoms. The zero-order chi connectivity index (χ0) is 17.7. The molecule has 0 N–H and O–H groups in total. The summed E-state index contributed by atoms with van der Waals surface area (Å²) in [5, 5.41) is -0.345. The van der Waals surface area contributed by atoms with Crippen LogP contribution >= 0.6 is 54.5 Å². The third-order valence-electron chi connectivity index (χ3n) is 4.02. The summed E-state index contributed by atoms with van der Waals surface area (Å²) in [5.74, 6) is 0. The molecule has 24 heavy (non-hydrogen) atoms. The topological polar surface area (TPSA) is 34.1 Å². The summed E-state index contributed by atoms with van der Waals surface area (Å²) in [7, 11) is -3.31. The summed E-state index contributed by atoms with van der Waals surface area (Å²) in [5.41, 5.74) is 0. The predicted octanol–water partition coefficient (Wildman–Crippen LogP) is 7.52. The van der Waals surface area contributed by atoms with Crippen LogP contribution in [-0.2, 0) is 9.84 Å². The Labute approximate surface area is 169 Å². The quantitative estimate of drug-likeness (QED) is 0.325. The minimum Gasteiger partial charge on any atom is -0.223 e. The summed E-state index contributed by atoms with van der Waals surface area (Å²) < 4.78 is 28.0. The van der Waals surface area contributed by atoms with E-state index in [0.29, 0.717) is 4.90 Å². The fraction of sp³-hybridized carbons (Fsp3) is 0.529. The van der Waals surface area contributed by atoms with Gasteiger partial charge in [-0.15, -0.1) is 22.7 Å². The van der Waals surface area contributed by atoms with E-state index in [0.717, 1.165) is 36.6 Å². The van der Waals surface area contributed by atoms with Gasteiger partial charge in [-0.3, -0.25) is 0 Å². The molecule has 0 aliphatic rings. The molecule has 2 aromatic rings. The van der Waals surface area contributed by atoms with Gasteiger partial charge in [0, 0.05) is 4.88 Å². The van der Waals surface area contributed by atoms with Crippen LogP contribution in [0.1, 0.15) is 52.4 Å². The molecule has 7 heteroatoms. The molecule has 0 amide bonds. The second-order valence-corrected chi connectivity index (χ2v) is 13.1. The number of thiophene rings is 2. The van der Waals surface area contributed by atoms with E-state index in [4.69, 9.17) is 0 Å². The van der Waals surface area contributed by atoms with Gasteiger partial charge in [0.15, 0.2) is 9.84 Å². The van der Waals surface area contributed by atoms with Crippen LogP contribution in [0.25, 0.3) is 9.75 Å². The molecule has 134 valence electrons. The van der Waals surface area contributed by atoms with Gasteiger partial charge in [0.2, 0.25) is 0 Å². The van der Waals surface area contributed by atoms with Gasteiger partial charge < -0.3 is 0 Å². The molecule has 2 nitrogen and oxygen atoms in total. The van der Waals surface area contributed by atoms with Crippen LogP contribution in [0.5, 0.6) is 0 Å². The first-order valence-corrected chi connectivity index (χ1v) is 12.9. The van der Waals surface area contributed by atoms with Crippen LogP contribution in [0, 0.1) is 0 Å². The molecule has 0 aliphatic heterocycles. The smallest absolute Gasteiger partial charge is 0.182 e. The fourth-order valence-corrected chi connectivity index (χ4v) is 7.90. The monoisotopic (exact) mass is 512 g/mol. The molecule has 0 bridgehead atoms. The summed E-state index contributed by atoms with van der Waals surface area (Å²) in [4.78, 5) is 2.30. The fourth-order valence-electron chi connectivity index (χ4n) is 2.57. The molecule has 0 radical (unpaired) electrons. The minimum atomic E-state index is -3.31. The number of hydrogen-bond donors (Lipinski definition) is 0. The Balaban J connectivity index is 2.17. The van der Waals surface area contributed by atoms with Gasteiger partial charge in [-0.2, -0.15) is 0 Å². The number of sulfone groups is 1. The van der Waals surface area contributed by atoms with Crippen LogP contribution in [0.3, 0.4) is 0 Å². The van der Waals surface area contributed by atoms with E-state index in [9.17, 15) is 8.42 Å². The van der Waals surface area contributed by atoms with Crippen molar-refractivity contribution in [2.45, 2.75) is 62.5 Å². The van der Waals surface area contributed by atoms with E-state index in [1.54, 1.807) is 17.4 Å². The molecule has 0 aliphatic carbocycles. The van der Waals surface area contributed by atoms with Crippen LogP contribution < -0.4 is 0 Å². The van der Waals surface area contributed by atoms with E-state index in [1.165, 1.54) is 30.6 Å². The molecule has 1 unspecified atom stereocenters. The molecule has 2 aromatic heterocycles. The standard InChI is InChI=1S/C17H22Br2O2S3/c1-3-4-5-6-7-8-12(2)24(20,21)14-11-16(19)23-17(14)13-9-10-15(18)22-13/h9-12H,3-8H2,1-2H3. The van der Waals surface area contributed by atoms with Crippen molar-refractivity contribution in [3.05, 3.63) is 25.8 Å². The third kappa shape index (κ3) is 5.16. The molecule has 1 atom stereocenters. The van der Waals surface area contributed by atoms with E-state index in [1.807, 2.05) is 19.1 Å². The van der Waals surface area contributed by atoms with Crippen molar-refractivity contribution >= 4 is 64.4 Å². The Morgan fingerprint density at radius 1 is 1.04 bits per heavy atom. The summed E-state index contributed by atoms with van der Waals surface area (Å²) >= 11 is 9.97. The molecule has 0 saturated heterocycles. The lowest BCUT2D eigenvalue weighted by molar-refractivity contribution is 0.559. The number of rotatable bonds is 9. The summed E-state index contributed by atoms with van der Waals surface area (Å²) in [6.07, 6.45) is 6.46. The molecule has 0 saturated carbocycles. The Morgan fingerprint density at radius 2 is 1.75 bits per heavy atom. The highest BCUT2D eigenvalue weighted by molar-refractivity contribution is 9.11. The molecule has 0 aromatic carbocycles. The highest BCUT2D eigenvalue weighted by Gasteiger charge is 2.28. The summed E-state index contributed by atoms with van der Waals surface area (Å²) in [6, 6.07) is 5.69. The van der Waals surface area contributed by atoms with Crippen molar-refractivity contribution in [3.63, 3.8) is 0 Å². The molecular weight excluding hydrogens is 492 g/mol. The maximum Gasteiger partial charge on any atom is 0.182 e. The third-order valence-corrected chi connectivity index (χ3v) is 9.82. The zero-order valence-corrected chi connectivity index (χ0v) is 19.5. The van der Waals surface area contributed by atoms with Crippen LogP contribution in [0.15, 0.2) is 30.7 Å². The van der Waals surface area contributed by atoms with Crippen molar-refractivity contribution in [1.82, 2.24) is 0 Å². The second kappa shape index (κ2) is 9.31. The number of hydrogen-bond acceptors (Lipinski definition) is 4. The first kappa shape index (κ1) is 20.6. The van der Waals surface area contributed by atoms with Crippen LogP contribution in [0.4, 0.5) is 0 Å². The Bertz CT molecular complexity index is 763. The number of halogens is 2. The van der Waals surface area contributed by atoms with Gasteiger partial charge >= 0.3 is 0 Å². The normalized spacial score (nSPS) is 13.3. The van der Waals surface area contributed by atoms with Crippen molar-refractivity contribution in [1.29, 1.82) is 0 Å². The second-order valence-electron chi connectivity index (χ2n) is 5.91. The van der Waals surface area contributed by atoms with Crippen molar-refractivity contribution < 1.29 is 8.42 Å². The number of unbranched alkanes of at least 4 members (excludes halogenated alkanes) is 4. The van der Waals surface area contributed by atoms with E-state index in [2.05, 4.69) is 38.8 Å². The molecule has 2 heterocycles. The van der Waals surface area contributed by atoms with Crippen molar-refractivity contribution in [2.24, 2.45) is 0 Å². The first-order valence-electron chi connectivity index (χ1n) is 8.15. The highest BCUT2D eigenvalue weighted by Crippen LogP contribution is 2.43.